The van der Waals surface area contributed by atoms with Gasteiger partial charge >= 0.3 is 0 Å². The number of aliphatic hydroxyl groups is 1. The number of fused-ring (bicyclic) bond motifs is 2. The molecule has 33 heavy (non-hydrogen) atoms. The molecule has 0 radical (unpaired) electrons. The van der Waals surface area contributed by atoms with Crippen molar-refractivity contribution in [1.82, 2.24) is 4.90 Å². The molecular formula is C25H30N2O6. The second kappa shape index (κ2) is 9.39. The van der Waals surface area contributed by atoms with Crippen molar-refractivity contribution in [2.75, 3.05) is 45.0 Å². The van der Waals surface area contributed by atoms with Gasteiger partial charge in [-0.05, 0) is 54.7 Å². The van der Waals surface area contributed by atoms with Crippen LogP contribution in [0.15, 0.2) is 36.4 Å². The van der Waals surface area contributed by atoms with Crippen LogP contribution in [0.1, 0.15) is 24.8 Å². The number of hydrogen-bond acceptors (Lipinski definition) is 7. The molecule has 0 spiro atoms. The fourth-order valence-electron chi connectivity index (χ4n) is 4.34. The Morgan fingerprint density at radius 2 is 1.82 bits per heavy atom. The number of carbonyl (C=O) groups excluding carboxylic acids is 1. The van der Waals surface area contributed by atoms with Gasteiger partial charge in [0.2, 0.25) is 12.7 Å². The summed E-state index contributed by atoms with van der Waals surface area (Å²) in [6, 6.07) is 11.2. The zero-order valence-electron chi connectivity index (χ0n) is 18.9. The number of aliphatic hydroxyl groups excluding tert-OH is 1. The van der Waals surface area contributed by atoms with Crippen LogP contribution >= 0.6 is 0 Å². The quantitative estimate of drug-likeness (QED) is 0.657. The summed E-state index contributed by atoms with van der Waals surface area (Å²) in [4.78, 5) is 16.9. The molecule has 2 aromatic carbocycles. The Morgan fingerprint density at radius 1 is 1.09 bits per heavy atom. The molecule has 1 amide bonds. The third-order valence-electron chi connectivity index (χ3n) is 6.33. The molecule has 176 valence electrons. The van der Waals surface area contributed by atoms with Gasteiger partial charge in [-0.25, -0.2) is 0 Å². The average Bonchev–Trinajstić information content (AvgIpc) is 3.53. The summed E-state index contributed by atoms with van der Waals surface area (Å²) in [6.07, 6.45) is 2.07. The van der Waals surface area contributed by atoms with Gasteiger partial charge in [0.15, 0.2) is 11.5 Å². The molecule has 2 heterocycles. The van der Waals surface area contributed by atoms with Gasteiger partial charge < -0.3 is 33.9 Å². The lowest BCUT2D eigenvalue weighted by Crippen LogP contribution is -2.42. The third kappa shape index (κ3) is 5.11. The van der Waals surface area contributed by atoms with Crippen molar-refractivity contribution in [3.8, 4) is 23.0 Å². The maximum absolute atomic E-state index is 12.9. The monoisotopic (exact) mass is 454 g/mol. The molecule has 1 saturated carbocycles. The van der Waals surface area contributed by atoms with Gasteiger partial charge in [-0.1, -0.05) is 0 Å². The predicted octanol–water partition coefficient (Wildman–Crippen LogP) is 2.81. The molecule has 1 N–H and O–H groups in total. The first-order chi connectivity index (χ1) is 16.1. The molecular weight excluding hydrogens is 424 g/mol. The highest BCUT2D eigenvalue weighted by Gasteiger charge is 2.31. The molecule has 0 saturated heterocycles. The number of nitrogens with zero attached hydrogens (tertiary/aromatic N) is 2. The number of amides is 1. The van der Waals surface area contributed by atoms with E-state index in [1.54, 1.807) is 7.11 Å². The van der Waals surface area contributed by atoms with E-state index in [1.807, 2.05) is 41.3 Å². The highest BCUT2D eigenvalue weighted by Crippen LogP contribution is 2.40. The number of anilines is 1. The van der Waals surface area contributed by atoms with Gasteiger partial charge in [-0.15, -0.1) is 0 Å². The molecule has 1 fully saturated rings. The van der Waals surface area contributed by atoms with Crippen molar-refractivity contribution < 1.29 is 28.8 Å². The minimum Gasteiger partial charge on any atom is -0.497 e. The van der Waals surface area contributed by atoms with Gasteiger partial charge in [0.1, 0.15) is 24.2 Å². The zero-order valence-corrected chi connectivity index (χ0v) is 18.9. The van der Waals surface area contributed by atoms with Crippen LogP contribution in [-0.2, 0) is 11.3 Å². The lowest BCUT2D eigenvalue weighted by molar-refractivity contribution is -0.132. The zero-order chi connectivity index (χ0) is 22.8. The first-order valence-electron chi connectivity index (χ1n) is 11.5. The SMILES string of the molecule is COc1ccc(OCC(O)CN2CCC(=O)N(CC3CC3)Cc3cc4c(cc32)OCO4)cc1. The standard InChI is InChI=1S/C25H30N2O6/c1-30-20-4-6-21(7-5-20)31-15-19(28)14-26-9-8-25(29)27(12-17-2-3-17)13-18-10-23-24(11-22(18)26)33-16-32-23/h4-7,10-11,17,19,28H,2-3,8-9,12-16H2,1H3. The average molecular weight is 455 g/mol. The van der Waals surface area contributed by atoms with E-state index in [0.29, 0.717) is 49.2 Å². The maximum atomic E-state index is 12.9. The minimum absolute atomic E-state index is 0.143. The molecule has 1 atom stereocenters. The number of rotatable bonds is 8. The Hall–Kier alpha value is -3.13. The van der Waals surface area contributed by atoms with Crippen LogP contribution in [0.25, 0.3) is 0 Å². The summed E-state index contributed by atoms with van der Waals surface area (Å²) < 4.78 is 22.1. The van der Waals surface area contributed by atoms with E-state index >= 15 is 0 Å². The first-order valence-corrected chi connectivity index (χ1v) is 11.5. The summed E-state index contributed by atoms with van der Waals surface area (Å²) >= 11 is 0. The van der Waals surface area contributed by atoms with E-state index in [2.05, 4.69) is 4.90 Å². The highest BCUT2D eigenvalue weighted by molar-refractivity contribution is 5.78. The maximum Gasteiger partial charge on any atom is 0.231 e. The molecule has 1 unspecified atom stereocenters. The van der Waals surface area contributed by atoms with Crippen LogP contribution in [0.5, 0.6) is 23.0 Å². The van der Waals surface area contributed by atoms with Crippen molar-refractivity contribution in [1.29, 1.82) is 0 Å². The lowest BCUT2D eigenvalue weighted by Gasteiger charge is -2.34. The molecule has 8 nitrogen and oxygen atoms in total. The number of β-amino-alcohol motifs (C(OH)–C–C–N with tert-alkyl or cyclic N) is 1. The third-order valence-corrected chi connectivity index (χ3v) is 6.33. The number of benzene rings is 2. The summed E-state index contributed by atoms with van der Waals surface area (Å²) in [5.41, 5.74) is 1.98. The highest BCUT2D eigenvalue weighted by atomic mass is 16.7. The van der Waals surface area contributed by atoms with Crippen LogP contribution in [0.3, 0.4) is 0 Å². The van der Waals surface area contributed by atoms with Crippen LogP contribution < -0.4 is 23.8 Å². The van der Waals surface area contributed by atoms with E-state index in [4.69, 9.17) is 18.9 Å². The predicted molar refractivity (Wildman–Crippen MR) is 122 cm³/mol. The van der Waals surface area contributed by atoms with E-state index in [1.165, 1.54) is 12.8 Å². The number of hydrogen-bond donors (Lipinski definition) is 1. The lowest BCUT2D eigenvalue weighted by atomic mass is 10.1. The topological polar surface area (TPSA) is 80.7 Å². The van der Waals surface area contributed by atoms with Gasteiger partial charge in [0.05, 0.1) is 7.11 Å². The van der Waals surface area contributed by atoms with Crippen LogP contribution in [0.2, 0.25) is 0 Å². The number of methoxy groups -OCH3 is 1. The fourth-order valence-corrected chi connectivity index (χ4v) is 4.34. The Labute approximate surface area is 193 Å². The molecule has 0 aromatic heterocycles. The normalized spacial score (nSPS) is 18.4. The summed E-state index contributed by atoms with van der Waals surface area (Å²) in [7, 11) is 1.61. The van der Waals surface area contributed by atoms with E-state index < -0.39 is 6.10 Å². The Balaban J connectivity index is 1.31. The van der Waals surface area contributed by atoms with Gasteiger partial charge in [-0.3, -0.25) is 4.79 Å². The summed E-state index contributed by atoms with van der Waals surface area (Å²) in [5, 5.41) is 10.7. The first kappa shape index (κ1) is 21.7. The van der Waals surface area contributed by atoms with Crippen molar-refractivity contribution in [3.63, 3.8) is 0 Å². The largest absolute Gasteiger partial charge is 0.497 e. The van der Waals surface area contributed by atoms with Gasteiger partial charge in [0.25, 0.3) is 0 Å². The van der Waals surface area contributed by atoms with Crippen molar-refractivity contribution in [2.45, 2.75) is 31.9 Å². The van der Waals surface area contributed by atoms with Crippen LogP contribution in [0.4, 0.5) is 5.69 Å². The smallest absolute Gasteiger partial charge is 0.231 e. The number of ether oxygens (including phenoxy) is 4. The van der Waals surface area contributed by atoms with Crippen LogP contribution in [-0.4, -0.2) is 62.2 Å². The fraction of sp³-hybridized carbons (Fsp3) is 0.480. The molecule has 0 bridgehead atoms. The Bertz CT molecular complexity index is 991. The summed E-state index contributed by atoms with van der Waals surface area (Å²) in [6.45, 7) is 2.55. The van der Waals surface area contributed by atoms with Crippen molar-refractivity contribution >= 4 is 11.6 Å². The molecule has 2 aliphatic heterocycles. The molecule has 3 aliphatic rings. The van der Waals surface area contributed by atoms with E-state index in [9.17, 15) is 9.90 Å². The molecule has 5 rings (SSSR count). The van der Waals surface area contributed by atoms with Crippen molar-refractivity contribution in [3.05, 3.63) is 42.0 Å². The Morgan fingerprint density at radius 3 is 2.55 bits per heavy atom. The van der Waals surface area contributed by atoms with E-state index in [0.717, 1.165) is 23.5 Å². The Kier molecular flexibility index (Phi) is 6.17. The van der Waals surface area contributed by atoms with Crippen LogP contribution in [0, 0.1) is 5.92 Å². The number of carbonyl (C=O) groups is 1. The van der Waals surface area contributed by atoms with Gasteiger partial charge in [-0.2, -0.15) is 0 Å². The second-order valence-electron chi connectivity index (χ2n) is 8.89. The molecule has 2 aromatic rings. The molecule has 8 heteroatoms. The van der Waals surface area contributed by atoms with E-state index in [-0.39, 0.29) is 19.3 Å². The minimum atomic E-state index is -0.734. The second-order valence-corrected chi connectivity index (χ2v) is 8.89. The van der Waals surface area contributed by atoms with Crippen molar-refractivity contribution in [2.24, 2.45) is 5.92 Å². The summed E-state index contributed by atoms with van der Waals surface area (Å²) in [5.74, 6) is 3.59. The molecule has 1 aliphatic carbocycles. The van der Waals surface area contributed by atoms with Gasteiger partial charge in [0, 0.05) is 44.4 Å².